The summed E-state index contributed by atoms with van der Waals surface area (Å²) in [6, 6.07) is 15.2. The first-order valence-electron chi connectivity index (χ1n) is 17.2. The number of benzene rings is 2. The van der Waals surface area contributed by atoms with E-state index in [0.717, 1.165) is 72.3 Å². The lowest BCUT2D eigenvalue weighted by molar-refractivity contribution is -0.137. The maximum absolute atomic E-state index is 14.1. The Kier molecular flexibility index (Phi) is 10.5. The quantitative estimate of drug-likeness (QED) is 0.108. The first kappa shape index (κ1) is 34.3. The zero-order valence-electron chi connectivity index (χ0n) is 29.8. The summed E-state index contributed by atoms with van der Waals surface area (Å²) < 4.78 is 0. The number of hydrogen-bond acceptors (Lipinski definition) is 5. The molecule has 0 radical (unpaired) electrons. The standard InChI is InChI=1S/C39H53N7O/c1-24(2)22-46(23-25(3)4)38(47)39(8,9)35-19-31-34(21-41-35)42-37(30-16-26(5)15-27(6)17-30)36(31)28(7)20-40-14-10-11-29-12-13-32-33(18-29)44-45-43-32/h12-13,15-19,21,24-25,28,40,42H,10-11,14,20,22-23H2,1-9H3,(H,43,44,45). The normalized spacial score (nSPS) is 12.9. The van der Waals surface area contributed by atoms with Gasteiger partial charge in [-0.25, -0.2) is 0 Å². The largest absolute Gasteiger partial charge is 0.353 e. The minimum absolute atomic E-state index is 0.135. The summed E-state index contributed by atoms with van der Waals surface area (Å²) in [6.07, 6.45) is 3.94. The fourth-order valence-electron chi connectivity index (χ4n) is 6.82. The van der Waals surface area contributed by atoms with Crippen LogP contribution in [0.15, 0.2) is 48.7 Å². The molecule has 3 aromatic heterocycles. The number of aryl methyl sites for hydroxylation is 3. The average Bonchev–Trinajstić information content (AvgIpc) is 3.63. The zero-order chi connectivity index (χ0) is 33.9. The van der Waals surface area contributed by atoms with Crippen LogP contribution in [0, 0.1) is 25.7 Å². The number of rotatable bonds is 14. The number of hydrogen-bond donors (Lipinski definition) is 3. The lowest BCUT2D eigenvalue weighted by Crippen LogP contribution is -2.46. The first-order valence-corrected chi connectivity index (χ1v) is 17.2. The van der Waals surface area contributed by atoms with Gasteiger partial charge in [0, 0.05) is 25.0 Å². The molecule has 0 bridgehead atoms. The summed E-state index contributed by atoms with van der Waals surface area (Å²) in [6.45, 7) is 22.6. The van der Waals surface area contributed by atoms with Crippen molar-refractivity contribution in [2.45, 2.75) is 86.5 Å². The van der Waals surface area contributed by atoms with Gasteiger partial charge < -0.3 is 15.2 Å². The number of carbonyl (C=O) groups is 1. The monoisotopic (exact) mass is 635 g/mol. The first-order chi connectivity index (χ1) is 22.3. The van der Waals surface area contributed by atoms with Crippen LogP contribution in [-0.2, 0) is 16.6 Å². The van der Waals surface area contributed by atoms with Gasteiger partial charge in [-0.1, -0.05) is 57.9 Å². The molecule has 5 rings (SSSR count). The molecule has 3 N–H and O–H groups in total. The Morgan fingerprint density at radius 2 is 1.60 bits per heavy atom. The van der Waals surface area contributed by atoms with E-state index in [2.05, 4.69) is 111 Å². The third kappa shape index (κ3) is 7.92. The smallest absolute Gasteiger partial charge is 0.234 e. The number of carbonyl (C=O) groups excluding carboxylic acids is 1. The number of pyridine rings is 1. The van der Waals surface area contributed by atoms with E-state index in [-0.39, 0.29) is 11.8 Å². The van der Waals surface area contributed by atoms with Crippen LogP contribution in [0.4, 0.5) is 0 Å². The van der Waals surface area contributed by atoms with Gasteiger partial charge in [-0.2, -0.15) is 15.4 Å². The van der Waals surface area contributed by atoms with Crippen molar-refractivity contribution in [2.75, 3.05) is 26.2 Å². The Hall–Kier alpha value is -4.04. The Balaban J connectivity index is 1.42. The van der Waals surface area contributed by atoms with Crippen molar-refractivity contribution < 1.29 is 4.79 Å². The van der Waals surface area contributed by atoms with Crippen molar-refractivity contribution in [3.63, 3.8) is 0 Å². The number of fused-ring (bicyclic) bond motifs is 2. The predicted molar refractivity (Wildman–Crippen MR) is 194 cm³/mol. The molecule has 3 heterocycles. The van der Waals surface area contributed by atoms with Crippen LogP contribution in [0.5, 0.6) is 0 Å². The van der Waals surface area contributed by atoms with Crippen molar-refractivity contribution in [1.82, 2.24) is 35.6 Å². The molecule has 8 nitrogen and oxygen atoms in total. The minimum atomic E-state index is -0.761. The van der Waals surface area contributed by atoms with E-state index in [1.807, 2.05) is 31.0 Å². The third-order valence-corrected chi connectivity index (χ3v) is 9.01. The van der Waals surface area contributed by atoms with Gasteiger partial charge in [-0.15, -0.1) is 0 Å². The highest BCUT2D eigenvalue weighted by Crippen LogP contribution is 2.38. The predicted octanol–water partition coefficient (Wildman–Crippen LogP) is 7.86. The Bertz CT molecular complexity index is 1800. The highest BCUT2D eigenvalue weighted by molar-refractivity contribution is 5.93. The van der Waals surface area contributed by atoms with E-state index >= 15 is 0 Å². The van der Waals surface area contributed by atoms with Crippen molar-refractivity contribution in [3.05, 3.63) is 76.6 Å². The number of amides is 1. The van der Waals surface area contributed by atoms with E-state index in [0.29, 0.717) is 11.8 Å². The van der Waals surface area contributed by atoms with Gasteiger partial charge in [0.1, 0.15) is 11.0 Å². The van der Waals surface area contributed by atoms with E-state index in [4.69, 9.17) is 4.98 Å². The molecule has 2 aromatic carbocycles. The maximum atomic E-state index is 14.1. The molecule has 5 aromatic rings. The molecule has 1 atom stereocenters. The maximum Gasteiger partial charge on any atom is 0.234 e. The molecular weight excluding hydrogens is 582 g/mol. The van der Waals surface area contributed by atoms with Gasteiger partial charge in [-0.05, 0) is 112 Å². The van der Waals surface area contributed by atoms with Crippen molar-refractivity contribution in [2.24, 2.45) is 11.8 Å². The van der Waals surface area contributed by atoms with Gasteiger partial charge in [-0.3, -0.25) is 9.78 Å². The lowest BCUT2D eigenvalue weighted by atomic mass is 9.85. The SMILES string of the molecule is Cc1cc(C)cc(-c2[nH]c3cnc(C(C)(C)C(=O)N(CC(C)C)CC(C)C)cc3c2C(C)CNCCCc2ccc3n[nH]nc3c2)c1. The van der Waals surface area contributed by atoms with Crippen LogP contribution >= 0.6 is 0 Å². The molecule has 0 fully saturated rings. The van der Waals surface area contributed by atoms with Crippen LogP contribution in [0.25, 0.3) is 33.2 Å². The Labute approximate surface area is 280 Å². The molecule has 47 heavy (non-hydrogen) atoms. The van der Waals surface area contributed by atoms with Crippen molar-refractivity contribution >= 4 is 27.8 Å². The summed E-state index contributed by atoms with van der Waals surface area (Å²) >= 11 is 0. The average molecular weight is 636 g/mol. The van der Waals surface area contributed by atoms with Gasteiger partial charge in [0.25, 0.3) is 0 Å². The zero-order valence-corrected chi connectivity index (χ0v) is 29.8. The van der Waals surface area contributed by atoms with Crippen LogP contribution in [-0.4, -0.2) is 62.4 Å². The highest BCUT2D eigenvalue weighted by Gasteiger charge is 2.36. The lowest BCUT2D eigenvalue weighted by Gasteiger charge is -2.34. The molecule has 0 saturated carbocycles. The molecule has 0 aliphatic rings. The second-order valence-electron chi connectivity index (χ2n) is 14.9. The molecule has 1 unspecified atom stereocenters. The summed E-state index contributed by atoms with van der Waals surface area (Å²) in [5.41, 5.74) is 10.2. The van der Waals surface area contributed by atoms with E-state index < -0.39 is 5.41 Å². The second-order valence-corrected chi connectivity index (χ2v) is 14.9. The summed E-state index contributed by atoms with van der Waals surface area (Å²) in [5.74, 6) is 1.14. The minimum Gasteiger partial charge on any atom is -0.353 e. The summed E-state index contributed by atoms with van der Waals surface area (Å²) in [7, 11) is 0. The van der Waals surface area contributed by atoms with Crippen LogP contribution in [0.2, 0.25) is 0 Å². The van der Waals surface area contributed by atoms with Crippen LogP contribution < -0.4 is 5.32 Å². The fourth-order valence-corrected chi connectivity index (χ4v) is 6.82. The van der Waals surface area contributed by atoms with Gasteiger partial charge in [0.05, 0.1) is 28.5 Å². The van der Waals surface area contributed by atoms with Crippen molar-refractivity contribution in [3.8, 4) is 11.3 Å². The van der Waals surface area contributed by atoms with Crippen LogP contribution in [0.1, 0.15) is 88.8 Å². The fraction of sp³-hybridized carbons (Fsp3) is 0.487. The molecule has 0 spiro atoms. The summed E-state index contributed by atoms with van der Waals surface area (Å²) in [5, 5.41) is 16.0. The Morgan fingerprint density at radius 1 is 0.915 bits per heavy atom. The number of nitrogens with one attached hydrogen (secondary N) is 3. The van der Waals surface area contributed by atoms with Crippen molar-refractivity contribution in [1.29, 1.82) is 0 Å². The van der Waals surface area contributed by atoms with Gasteiger partial charge in [0.2, 0.25) is 5.91 Å². The highest BCUT2D eigenvalue weighted by atomic mass is 16.2. The number of aromatic amines is 2. The molecule has 0 aliphatic carbocycles. The van der Waals surface area contributed by atoms with Crippen LogP contribution in [0.3, 0.4) is 0 Å². The number of aromatic nitrogens is 5. The topological polar surface area (TPSA) is 103 Å². The van der Waals surface area contributed by atoms with E-state index in [9.17, 15) is 4.79 Å². The summed E-state index contributed by atoms with van der Waals surface area (Å²) in [4.78, 5) is 24.8. The number of H-pyrrole nitrogens is 2. The second kappa shape index (κ2) is 14.4. The third-order valence-electron chi connectivity index (χ3n) is 9.01. The molecule has 8 heteroatoms. The number of nitrogens with zero attached hydrogens (tertiary/aromatic N) is 4. The molecular formula is C39H53N7O. The Morgan fingerprint density at radius 3 is 2.28 bits per heavy atom. The molecule has 0 aliphatic heterocycles. The molecule has 250 valence electrons. The molecule has 1 amide bonds. The van der Waals surface area contributed by atoms with E-state index in [1.165, 1.54) is 27.8 Å². The van der Waals surface area contributed by atoms with Gasteiger partial charge in [0.15, 0.2) is 0 Å². The van der Waals surface area contributed by atoms with Gasteiger partial charge >= 0.3 is 0 Å². The van der Waals surface area contributed by atoms with E-state index in [1.54, 1.807) is 0 Å². The molecule has 0 saturated heterocycles.